The lowest BCUT2D eigenvalue weighted by Gasteiger charge is -2.06. The fourth-order valence-corrected chi connectivity index (χ4v) is 1.08. The normalized spacial score (nSPS) is 18.0. The van der Waals surface area contributed by atoms with Gasteiger partial charge in [-0.3, -0.25) is 4.79 Å². The van der Waals surface area contributed by atoms with Crippen LogP contribution in [0, 0.1) is 0 Å². The van der Waals surface area contributed by atoms with Crippen LogP contribution in [0.3, 0.4) is 0 Å². The molecule has 1 aliphatic heterocycles. The number of Topliss-reactive ketones (excluding diaryl/α,β-unsaturated/α-hetero) is 1. The topological polar surface area (TPSA) is 35.5 Å². The van der Waals surface area contributed by atoms with Crippen molar-refractivity contribution in [2.75, 3.05) is 13.2 Å². The highest BCUT2D eigenvalue weighted by atomic mass is 16.7. The van der Waals surface area contributed by atoms with Crippen LogP contribution in [0.25, 0.3) is 0 Å². The molecule has 1 rings (SSSR count). The van der Waals surface area contributed by atoms with Gasteiger partial charge in [0.25, 0.3) is 0 Å². The third kappa shape index (κ3) is 3.15. The van der Waals surface area contributed by atoms with Crippen LogP contribution in [0.15, 0.2) is 12.7 Å². The van der Waals surface area contributed by atoms with E-state index in [2.05, 4.69) is 6.58 Å². The van der Waals surface area contributed by atoms with Crippen molar-refractivity contribution in [3.63, 3.8) is 0 Å². The molecular formula is C9H14O3. The molecule has 0 bridgehead atoms. The highest BCUT2D eigenvalue weighted by molar-refractivity contribution is 5.78. The molecule has 0 aromatic heterocycles. The second-order valence-corrected chi connectivity index (χ2v) is 2.74. The minimum Gasteiger partial charge on any atom is -0.350 e. The number of hydrogen-bond donors (Lipinski definition) is 0. The Labute approximate surface area is 72.4 Å². The summed E-state index contributed by atoms with van der Waals surface area (Å²) in [5.41, 5.74) is 0. The maximum atomic E-state index is 11.2. The van der Waals surface area contributed by atoms with Crippen molar-refractivity contribution in [1.29, 1.82) is 0 Å². The summed E-state index contributed by atoms with van der Waals surface area (Å²) in [6, 6.07) is 0. The highest BCUT2D eigenvalue weighted by Crippen LogP contribution is 2.09. The molecule has 0 unspecified atom stereocenters. The molecule has 0 saturated carbocycles. The van der Waals surface area contributed by atoms with Crippen molar-refractivity contribution in [2.45, 2.75) is 25.6 Å². The first kappa shape index (κ1) is 9.42. The molecule has 3 heteroatoms. The molecule has 68 valence electrons. The minimum atomic E-state index is -0.290. The third-order valence-corrected chi connectivity index (χ3v) is 1.71. The van der Waals surface area contributed by atoms with Gasteiger partial charge in [0.2, 0.25) is 0 Å². The Morgan fingerprint density at radius 2 is 2.17 bits per heavy atom. The van der Waals surface area contributed by atoms with Crippen molar-refractivity contribution in [1.82, 2.24) is 0 Å². The standard InChI is InChI=1S/C9H14O3/c1-2-3-4-8(10)7-9-11-5-6-12-9/h2,9H,1,3-7H2. The SMILES string of the molecule is C=CCCC(=O)CC1OCCO1. The molecule has 0 amide bonds. The molecule has 12 heavy (non-hydrogen) atoms. The lowest BCUT2D eigenvalue weighted by atomic mass is 10.1. The number of ether oxygens (including phenoxy) is 2. The van der Waals surface area contributed by atoms with E-state index in [1.54, 1.807) is 6.08 Å². The summed E-state index contributed by atoms with van der Waals surface area (Å²) < 4.78 is 10.3. The van der Waals surface area contributed by atoms with Crippen LogP contribution in [-0.2, 0) is 14.3 Å². The van der Waals surface area contributed by atoms with Crippen LogP contribution < -0.4 is 0 Å². The summed E-state index contributed by atoms with van der Waals surface area (Å²) in [6.45, 7) is 4.77. The largest absolute Gasteiger partial charge is 0.350 e. The van der Waals surface area contributed by atoms with E-state index in [1.165, 1.54) is 0 Å². The number of rotatable bonds is 5. The zero-order valence-corrected chi connectivity index (χ0v) is 7.12. The number of hydrogen-bond acceptors (Lipinski definition) is 3. The first-order valence-electron chi connectivity index (χ1n) is 4.18. The van der Waals surface area contributed by atoms with Gasteiger partial charge in [0.15, 0.2) is 6.29 Å². The molecular weight excluding hydrogens is 156 g/mol. The van der Waals surface area contributed by atoms with Gasteiger partial charge in [-0.15, -0.1) is 6.58 Å². The van der Waals surface area contributed by atoms with Gasteiger partial charge in [-0.25, -0.2) is 0 Å². The van der Waals surface area contributed by atoms with E-state index in [-0.39, 0.29) is 12.1 Å². The maximum absolute atomic E-state index is 11.2. The Bertz CT molecular complexity index is 159. The van der Waals surface area contributed by atoms with Crippen molar-refractivity contribution < 1.29 is 14.3 Å². The van der Waals surface area contributed by atoms with E-state index in [0.717, 1.165) is 6.42 Å². The monoisotopic (exact) mass is 170 g/mol. The molecule has 0 aromatic carbocycles. The summed E-state index contributed by atoms with van der Waals surface area (Å²) >= 11 is 0. The van der Waals surface area contributed by atoms with E-state index < -0.39 is 0 Å². The van der Waals surface area contributed by atoms with E-state index in [9.17, 15) is 4.79 Å². The summed E-state index contributed by atoms with van der Waals surface area (Å²) in [6.07, 6.45) is 3.13. The number of carbonyl (C=O) groups is 1. The van der Waals surface area contributed by atoms with Crippen LogP contribution in [0.1, 0.15) is 19.3 Å². The van der Waals surface area contributed by atoms with Crippen LogP contribution >= 0.6 is 0 Å². The number of ketones is 1. The predicted molar refractivity (Wildman–Crippen MR) is 44.7 cm³/mol. The second-order valence-electron chi connectivity index (χ2n) is 2.74. The molecule has 0 N–H and O–H groups in total. The predicted octanol–water partition coefficient (Wildman–Crippen LogP) is 1.28. The van der Waals surface area contributed by atoms with Gasteiger partial charge in [0, 0.05) is 6.42 Å². The number of carbonyl (C=O) groups excluding carboxylic acids is 1. The van der Waals surface area contributed by atoms with Crippen molar-refractivity contribution in [2.24, 2.45) is 0 Å². The first-order valence-corrected chi connectivity index (χ1v) is 4.18. The zero-order chi connectivity index (χ0) is 8.81. The van der Waals surface area contributed by atoms with Gasteiger partial charge in [-0.1, -0.05) is 6.08 Å². The van der Waals surface area contributed by atoms with Gasteiger partial charge in [-0.05, 0) is 6.42 Å². The van der Waals surface area contributed by atoms with Gasteiger partial charge >= 0.3 is 0 Å². The maximum Gasteiger partial charge on any atom is 0.164 e. The molecule has 0 radical (unpaired) electrons. The van der Waals surface area contributed by atoms with Gasteiger partial charge < -0.3 is 9.47 Å². The van der Waals surface area contributed by atoms with E-state index in [0.29, 0.717) is 26.1 Å². The van der Waals surface area contributed by atoms with E-state index in [1.807, 2.05) is 0 Å². The van der Waals surface area contributed by atoms with Gasteiger partial charge in [0.05, 0.1) is 19.6 Å². The van der Waals surface area contributed by atoms with Crippen molar-refractivity contribution >= 4 is 5.78 Å². The zero-order valence-electron chi connectivity index (χ0n) is 7.12. The minimum absolute atomic E-state index is 0.182. The van der Waals surface area contributed by atoms with Gasteiger partial charge in [0.1, 0.15) is 5.78 Å². The summed E-state index contributed by atoms with van der Waals surface area (Å²) in [5, 5.41) is 0. The fourth-order valence-electron chi connectivity index (χ4n) is 1.08. The Morgan fingerprint density at radius 1 is 1.50 bits per heavy atom. The van der Waals surface area contributed by atoms with Crippen LogP contribution in [-0.4, -0.2) is 25.3 Å². The van der Waals surface area contributed by atoms with Crippen molar-refractivity contribution in [3.8, 4) is 0 Å². The molecule has 0 spiro atoms. The quantitative estimate of drug-likeness (QED) is 0.583. The van der Waals surface area contributed by atoms with Gasteiger partial charge in [-0.2, -0.15) is 0 Å². The summed E-state index contributed by atoms with van der Waals surface area (Å²) in [5.74, 6) is 0.182. The molecule has 0 aliphatic carbocycles. The van der Waals surface area contributed by atoms with E-state index in [4.69, 9.17) is 9.47 Å². The molecule has 0 aromatic rings. The summed E-state index contributed by atoms with van der Waals surface area (Å²) in [7, 11) is 0. The third-order valence-electron chi connectivity index (χ3n) is 1.71. The molecule has 1 heterocycles. The second kappa shape index (κ2) is 5.06. The Kier molecular flexibility index (Phi) is 3.97. The van der Waals surface area contributed by atoms with Crippen LogP contribution in [0.2, 0.25) is 0 Å². The fraction of sp³-hybridized carbons (Fsp3) is 0.667. The highest BCUT2D eigenvalue weighted by Gasteiger charge is 2.18. The first-order chi connectivity index (χ1) is 5.83. The number of allylic oxidation sites excluding steroid dienone is 1. The Morgan fingerprint density at radius 3 is 2.75 bits per heavy atom. The van der Waals surface area contributed by atoms with Crippen LogP contribution in [0.5, 0.6) is 0 Å². The van der Waals surface area contributed by atoms with E-state index >= 15 is 0 Å². The summed E-state index contributed by atoms with van der Waals surface area (Å²) in [4.78, 5) is 11.2. The van der Waals surface area contributed by atoms with Crippen LogP contribution in [0.4, 0.5) is 0 Å². The lowest BCUT2D eigenvalue weighted by Crippen LogP contribution is -2.13. The Hall–Kier alpha value is -0.670. The smallest absolute Gasteiger partial charge is 0.164 e. The molecule has 1 fully saturated rings. The lowest BCUT2D eigenvalue weighted by molar-refractivity contribution is -0.127. The average molecular weight is 170 g/mol. The molecule has 3 nitrogen and oxygen atoms in total. The molecule has 0 atom stereocenters. The molecule has 1 aliphatic rings. The Balaban J connectivity index is 2.11. The van der Waals surface area contributed by atoms with Crippen molar-refractivity contribution in [3.05, 3.63) is 12.7 Å². The molecule has 1 saturated heterocycles. The average Bonchev–Trinajstić information content (AvgIpc) is 2.53.